The number of nitrogens with zero attached hydrogens (tertiary/aromatic N) is 3. The predicted molar refractivity (Wildman–Crippen MR) is 83.0 cm³/mol. The molecule has 0 unspecified atom stereocenters. The van der Waals surface area contributed by atoms with Gasteiger partial charge >= 0.3 is 0 Å². The summed E-state index contributed by atoms with van der Waals surface area (Å²) in [5.41, 5.74) is 2.49. The summed E-state index contributed by atoms with van der Waals surface area (Å²) in [5.74, 6) is 0.849. The Hall–Kier alpha value is -1.46. The van der Waals surface area contributed by atoms with Crippen LogP contribution in [-0.4, -0.2) is 28.5 Å². The first-order valence-corrected chi connectivity index (χ1v) is 7.92. The third-order valence-corrected chi connectivity index (χ3v) is 4.94. The first kappa shape index (κ1) is 13.5. The fourth-order valence-electron chi connectivity index (χ4n) is 2.76. The average molecular weight is 288 g/mol. The van der Waals surface area contributed by atoms with Crippen molar-refractivity contribution in [2.75, 3.05) is 18.9 Å². The summed E-state index contributed by atoms with van der Waals surface area (Å²) in [7, 11) is 1.88. The van der Waals surface area contributed by atoms with Crippen LogP contribution in [0.1, 0.15) is 35.0 Å². The van der Waals surface area contributed by atoms with Gasteiger partial charge in [0, 0.05) is 18.5 Å². The molecule has 3 rings (SSSR count). The van der Waals surface area contributed by atoms with E-state index in [0.717, 1.165) is 24.6 Å². The van der Waals surface area contributed by atoms with Crippen molar-refractivity contribution >= 4 is 17.2 Å². The second-order valence-electron chi connectivity index (χ2n) is 5.23. The van der Waals surface area contributed by atoms with Crippen molar-refractivity contribution < 1.29 is 0 Å². The summed E-state index contributed by atoms with van der Waals surface area (Å²) in [4.78, 5) is 13.0. The van der Waals surface area contributed by atoms with E-state index < -0.39 is 0 Å². The molecule has 1 atom stereocenters. The highest BCUT2D eigenvalue weighted by molar-refractivity contribution is 7.10. The van der Waals surface area contributed by atoms with Gasteiger partial charge in [-0.3, -0.25) is 9.88 Å². The first-order chi connectivity index (χ1) is 9.78. The van der Waals surface area contributed by atoms with Gasteiger partial charge in [-0.1, -0.05) is 0 Å². The second kappa shape index (κ2) is 5.89. The van der Waals surface area contributed by atoms with E-state index in [-0.39, 0.29) is 0 Å². The fourth-order valence-corrected chi connectivity index (χ4v) is 3.69. The third-order valence-electron chi connectivity index (χ3n) is 3.93. The third kappa shape index (κ3) is 2.69. The molecule has 1 aliphatic heterocycles. The summed E-state index contributed by atoms with van der Waals surface area (Å²) < 4.78 is 0. The summed E-state index contributed by atoms with van der Waals surface area (Å²) in [6.45, 7) is 4.37. The van der Waals surface area contributed by atoms with E-state index >= 15 is 0 Å². The zero-order chi connectivity index (χ0) is 13.9. The molecule has 1 N–H and O–H groups in total. The van der Waals surface area contributed by atoms with Crippen LogP contribution in [0.15, 0.2) is 23.8 Å². The van der Waals surface area contributed by atoms with Crippen molar-refractivity contribution in [3.63, 3.8) is 0 Å². The van der Waals surface area contributed by atoms with Crippen molar-refractivity contribution in [2.45, 2.75) is 32.4 Å². The van der Waals surface area contributed by atoms with Gasteiger partial charge in [0.25, 0.3) is 0 Å². The van der Waals surface area contributed by atoms with Gasteiger partial charge in [-0.2, -0.15) is 0 Å². The summed E-state index contributed by atoms with van der Waals surface area (Å²) in [6.07, 6.45) is 6.09. The minimum atomic E-state index is 0.400. The molecule has 1 saturated heterocycles. The van der Waals surface area contributed by atoms with Gasteiger partial charge in [0.2, 0.25) is 0 Å². The molecule has 1 fully saturated rings. The smallest absolute Gasteiger partial charge is 0.144 e. The molecule has 0 spiro atoms. The van der Waals surface area contributed by atoms with Gasteiger partial charge < -0.3 is 5.32 Å². The quantitative estimate of drug-likeness (QED) is 0.938. The number of hydrogen-bond acceptors (Lipinski definition) is 5. The molecule has 4 nitrogen and oxygen atoms in total. The Morgan fingerprint density at radius 2 is 2.35 bits per heavy atom. The molecule has 0 radical (unpaired) electrons. The molecule has 0 aromatic carbocycles. The van der Waals surface area contributed by atoms with Crippen LogP contribution in [0, 0.1) is 6.92 Å². The number of rotatable bonds is 4. The molecule has 0 aliphatic carbocycles. The van der Waals surface area contributed by atoms with Crippen molar-refractivity contribution in [3.8, 4) is 0 Å². The van der Waals surface area contributed by atoms with Crippen LogP contribution < -0.4 is 5.32 Å². The maximum absolute atomic E-state index is 4.66. The summed E-state index contributed by atoms with van der Waals surface area (Å²) >= 11 is 1.85. The lowest BCUT2D eigenvalue weighted by molar-refractivity contribution is 0.246. The Labute approximate surface area is 123 Å². The van der Waals surface area contributed by atoms with E-state index in [9.17, 15) is 0 Å². The molecule has 1 aliphatic rings. The zero-order valence-electron chi connectivity index (χ0n) is 12.0. The average Bonchev–Trinajstić information content (AvgIpc) is 3.09. The Bertz CT molecular complexity index is 581. The fraction of sp³-hybridized carbons (Fsp3) is 0.467. The second-order valence-corrected chi connectivity index (χ2v) is 6.24. The Kier molecular flexibility index (Phi) is 3.98. The molecule has 0 amide bonds. The van der Waals surface area contributed by atoms with Crippen molar-refractivity contribution in [3.05, 3.63) is 40.0 Å². The highest BCUT2D eigenvalue weighted by Gasteiger charge is 2.28. The van der Waals surface area contributed by atoms with E-state index in [1.807, 2.05) is 24.6 Å². The molecule has 2 aromatic heterocycles. The maximum atomic E-state index is 4.66. The van der Waals surface area contributed by atoms with Gasteiger partial charge in [-0.15, -0.1) is 11.3 Å². The molecule has 5 heteroatoms. The number of thiophene rings is 1. The number of nitrogens with one attached hydrogen (secondary N) is 1. The van der Waals surface area contributed by atoms with Gasteiger partial charge in [-0.05, 0) is 43.3 Å². The minimum Gasteiger partial charge on any atom is -0.372 e. The van der Waals surface area contributed by atoms with Gasteiger partial charge in [-0.25, -0.2) is 4.98 Å². The number of likely N-dealkylation sites (tertiary alicyclic amines) is 1. The number of aromatic nitrogens is 2. The minimum absolute atomic E-state index is 0.400. The van der Waals surface area contributed by atoms with Crippen LogP contribution in [0.25, 0.3) is 0 Å². The Morgan fingerprint density at radius 3 is 3.10 bits per heavy atom. The molecular weight excluding hydrogens is 268 g/mol. The molecule has 106 valence electrons. The molecule has 3 heterocycles. The lowest BCUT2D eigenvalue weighted by Gasteiger charge is -2.23. The van der Waals surface area contributed by atoms with E-state index in [0.29, 0.717) is 6.04 Å². The van der Waals surface area contributed by atoms with Crippen molar-refractivity contribution in [2.24, 2.45) is 0 Å². The van der Waals surface area contributed by atoms with Gasteiger partial charge in [0.15, 0.2) is 0 Å². The monoisotopic (exact) mass is 288 g/mol. The molecule has 20 heavy (non-hydrogen) atoms. The van der Waals surface area contributed by atoms with Crippen LogP contribution in [0.5, 0.6) is 0 Å². The van der Waals surface area contributed by atoms with E-state index in [2.05, 4.69) is 38.6 Å². The molecule has 0 saturated carbocycles. The highest BCUT2D eigenvalue weighted by atomic mass is 32.1. The summed E-state index contributed by atoms with van der Waals surface area (Å²) in [6, 6.07) is 2.60. The van der Waals surface area contributed by atoms with Crippen molar-refractivity contribution in [1.29, 1.82) is 0 Å². The largest absolute Gasteiger partial charge is 0.372 e. The lowest BCUT2D eigenvalue weighted by atomic mass is 10.1. The van der Waals surface area contributed by atoms with E-state index in [1.165, 1.54) is 23.3 Å². The SMILES string of the molecule is CNc1cncc([C@@H]2CCCN2Cc2sccc2C)n1. The number of hydrogen-bond donors (Lipinski definition) is 1. The van der Waals surface area contributed by atoms with Gasteiger partial charge in [0.05, 0.1) is 24.1 Å². The van der Waals surface area contributed by atoms with Gasteiger partial charge in [0.1, 0.15) is 5.82 Å². The topological polar surface area (TPSA) is 41.1 Å². The van der Waals surface area contributed by atoms with E-state index in [4.69, 9.17) is 0 Å². The Morgan fingerprint density at radius 1 is 1.45 bits per heavy atom. The standard InChI is InChI=1S/C15H20N4S/c1-11-5-7-20-14(11)10-19-6-3-4-13(19)12-8-17-9-15(16-2)18-12/h5,7-9,13H,3-4,6,10H2,1-2H3,(H,16,18)/t13-/m0/s1. The van der Waals surface area contributed by atoms with Crippen LogP contribution in [0.3, 0.4) is 0 Å². The lowest BCUT2D eigenvalue weighted by Crippen LogP contribution is -2.23. The Balaban J connectivity index is 1.79. The van der Waals surface area contributed by atoms with E-state index in [1.54, 1.807) is 6.20 Å². The summed E-state index contributed by atoms with van der Waals surface area (Å²) in [5, 5.41) is 5.25. The maximum Gasteiger partial charge on any atom is 0.144 e. The number of aryl methyl sites for hydroxylation is 1. The molecular formula is C15H20N4S. The highest BCUT2D eigenvalue weighted by Crippen LogP contribution is 2.33. The van der Waals surface area contributed by atoms with Crippen molar-refractivity contribution in [1.82, 2.24) is 14.9 Å². The first-order valence-electron chi connectivity index (χ1n) is 7.04. The number of anilines is 1. The van der Waals surface area contributed by atoms with Crippen LogP contribution >= 0.6 is 11.3 Å². The van der Waals surface area contributed by atoms with Crippen LogP contribution in [-0.2, 0) is 6.54 Å². The van der Waals surface area contributed by atoms with Crippen LogP contribution in [0.4, 0.5) is 5.82 Å². The van der Waals surface area contributed by atoms with Crippen LogP contribution in [0.2, 0.25) is 0 Å². The normalized spacial score (nSPS) is 19.4. The molecule has 2 aromatic rings. The zero-order valence-corrected chi connectivity index (χ0v) is 12.8. The molecule has 0 bridgehead atoms. The predicted octanol–water partition coefficient (Wildman–Crippen LogP) is 3.23.